The predicted molar refractivity (Wildman–Crippen MR) is 126 cm³/mol. The van der Waals surface area contributed by atoms with Gasteiger partial charge >= 0.3 is 5.63 Å². The minimum atomic E-state index is -0.517. The van der Waals surface area contributed by atoms with Crippen LogP contribution in [0.15, 0.2) is 45.6 Å². The Balaban J connectivity index is 1.53. The Hall–Kier alpha value is -3.68. The Labute approximate surface area is 192 Å². The van der Waals surface area contributed by atoms with Crippen molar-refractivity contribution in [2.45, 2.75) is 13.3 Å². The van der Waals surface area contributed by atoms with Crippen molar-refractivity contribution >= 4 is 22.6 Å². The third-order valence-electron chi connectivity index (χ3n) is 6.16. The lowest BCUT2D eigenvalue weighted by Crippen LogP contribution is -2.49. The van der Waals surface area contributed by atoms with E-state index in [0.717, 1.165) is 11.4 Å². The summed E-state index contributed by atoms with van der Waals surface area (Å²) in [7, 11) is 4.73. The Morgan fingerprint density at radius 3 is 2.33 bits per heavy atom. The molecule has 8 heteroatoms. The van der Waals surface area contributed by atoms with E-state index < -0.39 is 5.63 Å². The smallest absolute Gasteiger partial charge is 0.340 e. The molecule has 33 heavy (non-hydrogen) atoms. The molecule has 0 atom stereocenters. The normalized spacial score (nSPS) is 13.8. The molecule has 1 aliphatic rings. The molecule has 1 aromatic heterocycles. The maximum absolute atomic E-state index is 13.1. The molecule has 3 aromatic rings. The van der Waals surface area contributed by atoms with Gasteiger partial charge in [-0.15, -0.1) is 0 Å². The van der Waals surface area contributed by atoms with Crippen LogP contribution in [-0.4, -0.2) is 58.3 Å². The molecule has 1 aliphatic heterocycles. The first kappa shape index (κ1) is 22.5. The Morgan fingerprint density at radius 2 is 1.67 bits per heavy atom. The van der Waals surface area contributed by atoms with Crippen LogP contribution in [0.4, 0.5) is 5.69 Å². The lowest BCUT2D eigenvalue weighted by molar-refractivity contribution is -0.130. The van der Waals surface area contributed by atoms with Crippen LogP contribution in [-0.2, 0) is 11.2 Å². The summed E-state index contributed by atoms with van der Waals surface area (Å²) in [5, 5.41) is 0.668. The molecule has 0 saturated carbocycles. The molecular formula is C25H28N2O6. The summed E-state index contributed by atoms with van der Waals surface area (Å²) in [6.45, 7) is 4.32. The van der Waals surface area contributed by atoms with Crippen molar-refractivity contribution in [3.8, 4) is 17.2 Å². The standard InChI is InChI=1S/C25H28N2O6/c1-16-18(25(29)33-22-14-17(30-2)13-21(32-4)24(16)22)15-23(28)27-11-9-26(10-12-27)19-7-5-6-8-20(19)31-3/h5-8,13-14H,9-12,15H2,1-4H3. The molecule has 1 saturated heterocycles. The third kappa shape index (κ3) is 4.33. The van der Waals surface area contributed by atoms with Gasteiger partial charge in [-0.3, -0.25) is 4.79 Å². The van der Waals surface area contributed by atoms with E-state index in [1.54, 1.807) is 31.3 Å². The van der Waals surface area contributed by atoms with Crippen LogP contribution in [0.25, 0.3) is 11.0 Å². The molecule has 0 N–H and O–H groups in total. The SMILES string of the molecule is COc1cc(OC)c2c(C)c(CC(=O)N3CCN(c4ccccc4OC)CC3)c(=O)oc2c1. The Morgan fingerprint density at radius 1 is 0.970 bits per heavy atom. The molecule has 4 rings (SSSR count). The van der Waals surface area contributed by atoms with Gasteiger partial charge in [-0.25, -0.2) is 4.79 Å². The number of carbonyl (C=O) groups excluding carboxylic acids is 1. The van der Waals surface area contributed by atoms with Crippen LogP contribution in [0.2, 0.25) is 0 Å². The average Bonchev–Trinajstić information content (AvgIpc) is 2.85. The Bertz CT molecular complexity index is 1230. The van der Waals surface area contributed by atoms with Gasteiger partial charge in [-0.2, -0.15) is 0 Å². The second-order valence-electron chi connectivity index (χ2n) is 7.91. The molecular weight excluding hydrogens is 424 g/mol. The number of aryl methyl sites for hydroxylation is 1. The number of piperazine rings is 1. The van der Waals surface area contributed by atoms with Gasteiger partial charge < -0.3 is 28.4 Å². The molecule has 0 aliphatic carbocycles. The number of rotatable bonds is 6. The minimum absolute atomic E-state index is 0.0199. The fourth-order valence-corrected chi connectivity index (χ4v) is 4.32. The van der Waals surface area contributed by atoms with Gasteiger partial charge in [0.15, 0.2) is 0 Å². The molecule has 1 fully saturated rings. The quantitative estimate of drug-likeness (QED) is 0.532. The van der Waals surface area contributed by atoms with Gasteiger partial charge in [0.25, 0.3) is 0 Å². The minimum Gasteiger partial charge on any atom is -0.496 e. The number of hydrogen-bond acceptors (Lipinski definition) is 7. The number of nitrogens with zero attached hydrogens (tertiary/aromatic N) is 2. The number of methoxy groups -OCH3 is 3. The lowest BCUT2D eigenvalue weighted by atomic mass is 10.0. The van der Waals surface area contributed by atoms with E-state index in [9.17, 15) is 9.59 Å². The fraction of sp³-hybridized carbons (Fsp3) is 0.360. The molecule has 1 amide bonds. The molecule has 0 unspecified atom stereocenters. The van der Waals surface area contributed by atoms with Gasteiger partial charge in [0.05, 0.1) is 44.4 Å². The number of anilines is 1. The van der Waals surface area contributed by atoms with Gasteiger partial charge in [-0.1, -0.05) is 12.1 Å². The first-order chi connectivity index (χ1) is 16.0. The first-order valence-corrected chi connectivity index (χ1v) is 10.8. The fourth-order valence-electron chi connectivity index (χ4n) is 4.32. The summed E-state index contributed by atoms with van der Waals surface area (Å²) in [5.74, 6) is 1.77. The monoisotopic (exact) mass is 452 g/mol. The Kier molecular flexibility index (Phi) is 6.44. The molecule has 0 radical (unpaired) electrons. The van der Waals surface area contributed by atoms with Crippen LogP contribution in [0.3, 0.4) is 0 Å². The van der Waals surface area contributed by atoms with Crippen LogP contribution in [0, 0.1) is 6.92 Å². The number of benzene rings is 2. The van der Waals surface area contributed by atoms with Crippen LogP contribution < -0.4 is 24.7 Å². The second-order valence-corrected chi connectivity index (χ2v) is 7.91. The number of carbonyl (C=O) groups is 1. The van der Waals surface area contributed by atoms with E-state index in [2.05, 4.69) is 4.90 Å². The maximum Gasteiger partial charge on any atom is 0.340 e. The zero-order valence-corrected chi connectivity index (χ0v) is 19.3. The highest BCUT2D eigenvalue weighted by atomic mass is 16.5. The molecule has 174 valence electrons. The molecule has 0 spiro atoms. The number of para-hydroxylation sites is 2. The predicted octanol–water partition coefficient (Wildman–Crippen LogP) is 3.02. The van der Waals surface area contributed by atoms with E-state index in [0.29, 0.717) is 59.8 Å². The van der Waals surface area contributed by atoms with E-state index in [4.69, 9.17) is 18.6 Å². The number of fused-ring (bicyclic) bond motifs is 1. The van der Waals surface area contributed by atoms with Crippen molar-refractivity contribution in [2.75, 3.05) is 52.4 Å². The van der Waals surface area contributed by atoms with Crippen LogP contribution >= 0.6 is 0 Å². The highest BCUT2D eigenvalue weighted by Crippen LogP contribution is 2.34. The van der Waals surface area contributed by atoms with Crippen molar-refractivity contribution < 1.29 is 23.4 Å². The van der Waals surface area contributed by atoms with Crippen molar-refractivity contribution in [1.29, 1.82) is 0 Å². The van der Waals surface area contributed by atoms with Crippen molar-refractivity contribution in [3.63, 3.8) is 0 Å². The molecule has 0 bridgehead atoms. The number of ether oxygens (including phenoxy) is 3. The third-order valence-corrected chi connectivity index (χ3v) is 6.16. The second kappa shape index (κ2) is 9.44. The van der Waals surface area contributed by atoms with Crippen molar-refractivity contribution in [1.82, 2.24) is 4.90 Å². The molecule has 2 aromatic carbocycles. The average molecular weight is 453 g/mol. The van der Waals surface area contributed by atoms with E-state index in [1.165, 1.54) is 7.11 Å². The summed E-state index contributed by atoms with van der Waals surface area (Å²) in [5.41, 5.74) is 1.90. The summed E-state index contributed by atoms with van der Waals surface area (Å²) < 4.78 is 21.7. The summed E-state index contributed by atoms with van der Waals surface area (Å²) in [6, 6.07) is 11.2. The topological polar surface area (TPSA) is 81.5 Å². The van der Waals surface area contributed by atoms with E-state index in [1.807, 2.05) is 31.2 Å². The van der Waals surface area contributed by atoms with Crippen molar-refractivity contribution in [2.24, 2.45) is 0 Å². The molecule has 8 nitrogen and oxygen atoms in total. The van der Waals surface area contributed by atoms with E-state index in [-0.39, 0.29) is 12.3 Å². The zero-order valence-electron chi connectivity index (χ0n) is 19.3. The zero-order chi connectivity index (χ0) is 23.5. The van der Waals surface area contributed by atoms with Gasteiger partial charge in [0.1, 0.15) is 22.8 Å². The van der Waals surface area contributed by atoms with E-state index >= 15 is 0 Å². The molecule has 2 heterocycles. The van der Waals surface area contributed by atoms with Gasteiger partial charge in [-0.05, 0) is 24.6 Å². The highest BCUT2D eigenvalue weighted by Gasteiger charge is 2.25. The largest absolute Gasteiger partial charge is 0.496 e. The van der Waals surface area contributed by atoms with Crippen molar-refractivity contribution in [3.05, 3.63) is 57.9 Å². The van der Waals surface area contributed by atoms with Crippen LogP contribution in [0.1, 0.15) is 11.1 Å². The summed E-state index contributed by atoms with van der Waals surface area (Å²) >= 11 is 0. The maximum atomic E-state index is 13.1. The number of amides is 1. The van der Waals surface area contributed by atoms with Gasteiger partial charge in [0.2, 0.25) is 5.91 Å². The van der Waals surface area contributed by atoms with Gasteiger partial charge in [0, 0.05) is 38.3 Å². The highest BCUT2D eigenvalue weighted by molar-refractivity contribution is 5.90. The summed E-state index contributed by atoms with van der Waals surface area (Å²) in [6.07, 6.45) is -0.0199. The first-order valence-electron chi connectivity index (χ1n) is 10.8. The lowest BCUT2D eigenvalue weighted by Gasteiger charge is -2.36. The summed E-state index contributed by atoms with van der Waals surface area (Å²) in [4.78, 5) is 29.8. The number of hydrogen-bond donors (Lipinski definition) is 0. The van der Waals surface area contributed by atoms with Crippen LogP contribution in [0.5, 0.6) is 17.2 Å².